The summed E-state index contributed by atoms with van der Waals surface area (Å²) in [7, 11) is -3.65. The van der Waals surface area contributed by atoms with Crippen molar-refractivity contribution in [3.05, 3.63) is 59.4 Å². The third kappa shape index (κ3) is 4.68. The highest BCUT2D eigenvalue weighted by atomic mass is 32.2. The molecule has 4 rings (SSSR count). The number of hydrogen-bond donors (Lipinski definition) is 0. The van der Waals surface area contributed by atoms with Crippen LogP contribution in [-0.2, 0) is 20.8 Å². The van der Waals surface area contributed by atoms with Crippen molar-refractivity contribution < 1.29 is 26.4 Å². The fourth-order valence-electron chi connectivity index (χ4n) is 3.47. The molecule has 0 unspecified atom stereocenters. The second-order valence-electron chi connectivity index (χ2n) is 7.27. The molecule has 0 spiro atoms. The van der Waals surface area contributed by atoms with Crippen molar-refractivity contribution in [1.29, 1.82) is 0 Å². The van der Waals surface area contributed by atoms with Crippen molar-refractivity contribution in [2.45, 2.75) is 23.9 Å². The van der Waals surface area contributed by atoms with Crippen molar-refractivity contribution >= 4 is 42.9 Å². The van der Waals surface area contributed by atoms with Gasteiger partial charge in [0, 0.05) is 25.7 Å². The van der Waals surface area contributed by atoms with Gasteiger partial charge in [0.05, 0.1) is 37.6 Å². The number of rotatable bonds is 5. The molecule has 32 heavy (non-hydrogen) atoms. The van der Waals surface area contributed by atoms with E-state index in [0.29, 0.717) is 28.9 Å². The maximum atomic E-state index is 12.8. The summed E-state index contributed by atoms with van der Waals surface area (Å²) in [5.74, 6) is -0.600. The minimum atomic E-state index is -4.44. The van der Waals surface area contributed by atoms with E-state index in [0.717, 1.165) is 17.8 Å². The van der Waals surface area contributed by atoms with Gasteiger partial charge in [-0.3, -0.25) is 9.78 Å². The molecule has 1 amide bonds. The molecule has 0 saturated heterocycles. The van der Waals surface area contributed by atoms with Gasteiger partial charge in [0.2, 0.25) is 5.91 Å². The average molecular weight is 482 g/mol. The SMILES string of the molecule is O=C(CCS(=O)(=O)c1cccc2ncsc12)N1CC=C(c2ccc(C(F)(F)F)cn2)CC1. The third-order valence-corrected chi connectivity index (χ3v) is 7.98. The lowest BCUT2D eigenvalue weighted by Crippen LogP contribution is -2.35. The Bertz CT molecular complexity index is 1280. The van der Waals surface area contributed by atoms with Crippen molar-refractivity contribution in [2.24, 2.45) is 0 Å². The molecule has 0 saturated carbocycles. The zero-order chi connectivity index (χ0) is 22.9. The number of hydrogen-bond acceptors (Lipinski definition) is 6. The first-order valence-corrected chi connectivity index (χ1v) is 12.2. The van der Waals surface area contributed by atoms with Crippen LogP contribution in [0.25, 0.3) is 15.8 Å². The van der Waals surface area contributed by atoms with Crippen LogP contribution in [0.1, 0.15) is 24.1 Å². The molecule has 0 N–H and O–H groups in total. The molecule has 3 heterocycles. The fraction of sp³-hybridized carbons (Fsp3) is 0.286. The van der Waals surface area contributed by atoms with Gasteiger partial charge in [0.15, 0.2) is 9.84 Å². The summed E-state index contributed by atoms with van der Waals surface area (Å²) in [4.78, 5) is 22.3. The minimum Gasteiger partial charge on any atom is -0.339 e. The smallest absolute Gasteiger partial charge is 0.339 e. The Morgan fingerprint density at radius 3 is 2.62 bits per heavy atom. The monoisotopic (exact) mass is 481 g/mol. The summed E-state index contributed by atoms with van der Waals surface area (Å²) < 4.78 is 64.2. The highest BCUT2D eigenvalue weighted by Crippen LogP contribution is 2.30. The van der Waals surface area contributed by atoms with E-state index >= 15 is 0 Å². The minimum absolute atomic E-state index is 0.154. The summed E-state index contributed by atoms with van der Waals surface area (Å²) >= 11 is 1.24. The largest absolute Gasteiger partial charge is 0.417 e. The maximum absolute atomic E-state index is 12.8. The van der Waals surface area contributed by atoms with Crippen molar-refractivity contribution in [1.82, 2.24) is 14.9 Å². The summed E-state index contributed by atoms with van der Waals surface area (Å²) in [5.41, 5.74) is 2.56. The maximum Gasteiger partial charge on any atom is 0.417 e. The van der Waals surface area contributed by atoms with E-state index in [1.54, 1.807) is 23.7 Å². The predicted molar refractivity (Wildman–Crippen MR) is 115 cm³/mol. The van der Waals surface area contributed by atoms with Crippen LogP contribution in [0.2, 0.25) is 0 Å². The molecule has 0 bridgehead atoms. The van der Waals surface area contributed by atoms with Crippen LogP contribution in [0.5, 0.6) is 0 Å². The zero-order valence-electron chi connectivity index (χ0n) is 16.7. The third-order valence-electron chi connectivity index (χ3n) is 5.22. The molecular weight excluding hydrogens is 463 g/mol. The van der Waals surface area contributed by atoms with Crippen molar-refractivity contribution in [3.63, 3.8) is 0 Å². The Kier molecular flexibility index (Phi) is 6.04. The van der Waals surface area contributed by atoms with Gasteiger partial charge in [0.25, 0.3) is 0 Å². The van der Waals surface area contributed by atoms with Crippen LogP contribution in [0.3, 0.4) is 0 Å². The van der Waals surface area contributed by atoms with Gasteiger partial charge in [-0.25, -0.2) is 13.4 Å². The first-order valence-electron chi connectivity index (χ1n) is 9.70. The fourth-order valence-corrected chi connectivity index (χ4v) is 6.03. The van der Waals surface area contributed by atoms with E-state index in [1.807, 2.05) is 0 Å². The normalized spacial score (nSPS) is 15.1. The molecule has 0 radical (unpaired) electrons. The van der Waals surface area contributed by atoms with E-state index < -0.39 is 21.6 Å². The molecule has 0 fully saturated rings. The van der Waals surface area contributed by atoms with Crippen LogP contribution in [0, 0.1) is 0 Å². The number of benzene rings is 1. The number of nitrogens with zero attached hydrogens (tertiary/aromatic N) is 3. The van der Waals surface area contributed by atoms with Gasteiger partial charge in [-0.05, 0) is 36.3 Å². The van der Waals surface area contributed by atoms with E-state index in [-0.39, 0.29) is 29.5 Å². The van der Waals surface area contributed by atoms with Crippen LogP contribution in [0.15, 0.2) is 53.0 Å². The molecule has 6 nitrogen and oxygen atoms in total. The highest BCUT2D eigenvalue weighted by molar-refractivity contribution is 7.91. The lowest BCUT2D eigenvalue weighted by atomic mass is 10.0. The zero-order valence-corrected chi connectivity index (χ0v) is 18.3. The number of carbonyl (C=O) groups excluding carboxylic acids is 1. The van der Waals surface area contributed by atoms with Gasteiger partial charge in [0.1, 0.15) is 0 Å². The number of carbonyl (C=O) groups is 1. The lowest BCUT2D eigenvalue weighted by molar-refractivity contribution is -0.137. The van der Waals surface area contributed by atoms with Crippen LogP contribution < -0.4 is 0 Å². The molecular formula is C21H18F3N3O3S2. The number of sulfone groups is 1. The summed E-state index contributed by atoms with van der Waals surface area (Å²) in [6.07, 6.45) is -1.64. The second-order valence-corrected chi connectivity index (χ2v) is 10.2. The molecule has 168 valence electrons. The topological polar surface area (TPSA) is 80.2 Å². The number of aromatic nitrogens is 2. The predicted octanol–water partition coefficient (Wildman–Crippen LogP) is 4.19. The summed E-state index contributed by atoms with van der Waals surface area (Å²) in [6, 6.07) is 7.18. The summed E-state index contributed by atoms with van der Waals surface area (Å²) in [6.45, 7) is 0.596. The molecule has 1 aromatic carbocycles. The van der Waals surface area contributed by atoms with Gasteiger partial charge in [-0.15, -0.1) is 11.3 Å². The molecule has 3 aromatic rings. The Labute approximate surface area is 186 Å². The molecule has 11 heteroatoms. The van der Waals surface area contributed by atoms with Gasteiger partial charge in [-0.2, -0.15) is 13.2 Å². The van der Waals surface area contributed by atoms with Gasteiger partial charge in [-0.1, -0.05) is 12.1 Å². The van der Waals surface area contributed by atoms with Gasteiger partial charge >= 0.3 is 6.18 Å². The number of amides is 1. The van der Waals surface area contributed by atoms with E-state index in [9.17, 15) is 26.4 Å². The Morgan fingerprint density at radius 2 is 1.97 bits per heavy atom. The number of pyridine rings is 1. The van der Waals surface area contributed by atoms with Crippen LogP contribution >= 0.6 is 11.3 Å². The highest BCUT2D eigenvalue weighted by Gasteiger charge is 2.31. The number of alkyl halides is 3. The summed E-state index contributed by atoms with van der Waals surface area (Å²) in [5, 5.41) is 0. The van der Waals surface area contributed by atoms with Crippen LogP contribution in [-0.4, -0.2) is 48.0 Å². The van der Waals surface area contributed by atoms with Crippen molar-refractivity contribution in [2.75, 3.05) is 18.8 Å². The first kappa shape index (κ1) is 22.4. The molecule has 0 atom stereocenters. The second kappa shape index (κ2) is 8.62. The first-order chi connectivity index (χ1) is 15.1. The molecule has 1 aliphatic rings. The standard InChI is InChI=1S/C21H18F3N3O3S2/c22-21(23,24)15-4-5-16(25-12-15)14-6-9-27(10-7-14)19(28)8-11-32(29,30)18-3-1-2-17-20(18)31-13-26-17/h1-6,12-13H,7-11H2. The number of halogens is 3. The molecule has 0 aliphatic carbocycles. The number of thiazole rings is 1. The molecule has 1 aliphatic heterocycles. The Balaban J connectivity index is 1.38. The van der Waals surface area contributed by atoms with E-state index in [2.05, 4.69) is 9.97 Å². The van der Waals surface area contributed by atoms with E-state index in [4.69, 9.17) is 0 Å². The van der Waals surface area contributed by atoms with Crippen LogP contribution in [0.4, 0.5) is 13.2 Å². The number of fused-ring (bicyclic) bond motifs is 1. The average Bonchev–Trinajstić information content (AvgIpc) is 3.26. The van der Waals surface area contributed by atoms with Crippen molar-refractivity contribution in [3.8, 4) is 0 Å². The van der Waals surface area contributed by atoms with Gasteiger partial charge < -0.3 is 4.90 Å². The lowest BCUT2D eigenvalue weighted by Gasteiger charge is -2.26. The molecule has 2 aromatic heterocycles. The quantitative estimate of drug-likeness (QED) is 0.546. The Hall–Kier alpha value is -2.79. The van der Waals surface area contributed by atoms with E-state index in [1.165, 1.54) is 28.4 Å². The Morgan fingerprint density at radius 1 is 1.16 bits per heavy atom.